The van der Waals surface area contributed by atoms with Crippen molar-refractivity contribution in [1.29, 1.82) is 0 Å². The van der Waals surface area contributed by atoms with E-state index in [0.29, 0.717) is 0 Å². The SMILES string of the molecule is CC(C)(C)c1ccccc1NC(=O)CN=O. The number of carbonyl (C=O) groups excluding carboxylic acids is 1. The van der Waals surface area contributed by atoms with E-state index in [9.17, 15) is 9.70 Å². The van der Waals surface area contributed by atoms with Crippen LogP contribution in [-0.2, 0) is 10.2 Å². The van der Waals surface area contributed by atoms with Gasteiger partial charge in [0, 0.05) is 5.69 Å². The molecule has 0 fully saturated rings. The zero-order valence-electron chi connectivity index (χ0n) is 9.78. The maximum Gasteiger partial charge on any atom is 0.249 e. The van der Waals surface area contributed by atoms with E-state index in [0.717, 1.165) is 11.3 Å². The second kappa shape index (κ2) is 4.88. The number of hydrogen-bond donors (Lipinski definition) is 1. The van der Waals surface area contributed by atoms with Crippen LogP contribution in [0.5, 0.6) is 0 Å². The van der Waals surface area contributed by atoms with Gasteiger partial charge in [0.05, 0.1) is 0 Å². The molecule has 1 aromatic rings. The summed E-state index contributed by atoms with van der Waals surface area (Å²) < 4.78 is 0. The molecule has 0 saturated heterocycles. The largest absolute Gasteiger partial charge is 0.324 e. The van der Waals surface area contributed by atoms with Crippen molar-refractivity contribution in [2.24, 2.45) is 5.18 Å². The van der Waals surface area contributed by atoms with Crippen molar-refractivity contribution >= 4 is 11.6 Å². The molecule has 0 bridgehead atoms. The Morgan fingerprint density at radius 1 is 1.31 bits per heavy atom. The summed E-state index contributed by atoms with van der Waals surface area (Å²) in [6.45, 7) is 5.85. The molecule has 1 aromatic carbocycles. The number of nitrogens with zero attached hydrogens (tertiary/aromatic N) is 1. The van der Waals surface area contributed by atoms with Crippen LogP contribution >= 0.6 is 0 Å². The first-order chi connectivity index (χ1) is 7.45. The van der Waals surface area contributed by atoms with Gasteiger partial charge >= 0.3 is 0 Å². The summed E-state index contributed by atoms with van der Waals surface area (Å²) in [4.78, 5) is 21.3. The van der Waals surface area contributed by atoms with Gasteiger partial charge in [0.2, 0.25) is 5.91 Å². The van der Waals surface area contributed by atoms with Crippen LogP contribution < -0.4 is 5.32 Å². The van der Waals surface area contributed by atoms with Crippen LogP contribution in [0, 0.1) is 4.91 Å². The van der Waals surface area contributed by atoms with Crippen molar-refractivity contribution in [2.75, 3.05) is 11.9 Å². The first-order valence-corrected chi connectivity index (χ1v) is 5.13. The maximum absolute atomic E-state index is 11.3. The average Bonchev–Trinajstić information content (AvgIpc) is 2.17. The highest BCUT2D eigenvalue weighted by Crippen LogP contribution is 2.29. The lowest BCUT2D eigenvalue weighted by atomic mass is 9.86. The van der Waals surface area contributed by atoms with Gasteiger partial charge in [-0.3, -0.25) is 4.79 Å². The molecule has 4 heteroatoms. The Balaban J connectivity index is 2.96. The number of anilines is 1. The zero-order valence-corrected chi connectivity index (χ0v) is 9.78. The Morgan fingerprint density at radius 2 is 1.94 bits per heavy atom. The maximum atomic E-state index is 11.3. The molecule has 0 heterocycles. The third-order valence-electron chi connectivity index (χ3n) is 2.22. The van der Waals surface area contributed by atoms with Crippen LogP contribution in [0.15, 0.2) is 29.4 Å². The lowest BCUT2D eigenvalue weighted by molar-refractivity contribution is -0.114. The highest BCUT2D eigenvalue weighted by molar-refractivity contribution is 5.93. The molecule has 0 aliphatic rings. The molecule has 0 unspecified atom stereocenters. The smallest absolute Gasteiger partial charge is 0.249 e. The monoisotopic (exact) mass is 220 g/mol. The Morgan fingerprint density at radius 3 is 2.50 bits per heavy atom. The number of nitroso groups, excluding NO2 is 1. The van der Waals surface area contributed by atoms with Gasteiger partial charge in [-0.05, 0) is 17.0 Å². The third kappa shape index (κ3) is 3.15. The zero-order chi connectivity index (χ0) is 12.2. The molecule has 0 saturated carbocycles. The lowest BCUT2D eigenvalue weighted by Crippen LogP contribution is -2.19. The van der Waals surface area contributed by atoms with Gasteiger partial charge in [-0.25, -0.2) is 0 Å². The van der Waals surface area contributed by atoms with E-state index in [2.05, 4.69) is 31.3 Å². The Bertz CT molecular complexity index is 394. The van der Waals surface area contributed by atoms with Gasteiger partial charge in [0.15, 0.2) is 6.54 Å². The van der Waals surface area contributed by atoms with Crippen molar-refractivity contribution in [2.45, 2.75) is 26.2 Å². The van der Waals surface area contributed by atoms with E-state index >= 15 is 0 Å². The van der Waals surface area contributed by atoms with Crippen LogP contribution in [0.3, 0.4) is 0 Å². The van der Waals surface area contributed by atoms with Crippen LogP contribution in [0.4, 0.5) is 5.69 Å². The number of carbonyl (C=O) groups is 1. The fraction of sp³-hybridized carbons (Fsp3) is 0.417. The molecule has 86 valence electrons. The second-order valence-corrected chi connectivity index (χ2v) is 4.63. The molecule has 16 heavy (non-hydrogen) atoms. The number of para-hydroxylation sites is 1. The van der Waals surface area contributed by atoms with Gasteiger partial charge in [-0.15, -0.1) is 0 Å². The van der Waals surface area contributed by atoms with E-state index in [1.165, 1.54) is 0 Å². The third-order valence-corrected chi connectivity index (χ3v) is 2.22. The number of amides is 1. The lowest BCUT2D eigenvalue weighted by Gasteiger charge is -2.22. The molecule has 0 radical (unpaired) electrons. The van der Waals surface area contributed by atoms with E-state index in [4.69, 9.17) is 0 Å². The summed E-state index contributed by atoms with van der Waals surface area (Å²) in [5, 5.41) is 5.25. The molecule has 1 rings (SSSR count). The van der Waals surface area contributed by atoms with Crippen molar-refractivity contribution in [3.05, 3.63) is 34.7 Å². The predicted molar refractivity (Wildman–Crippen MR) is 64.4 cm³/mol. The molecule has 4 nitrogen and oxygen atoms in total. The van der Waals surface area contributed by atoms with Gasteiger partial charge in [-0.2, -0.15) is 4.91 Å². The molecule has 1 N–H and O–H groups in total. The molecule has 1 amide bonds. The van der Waals surface area contributed by atoms with Crippen molar-refractivity contribution in [3.63, 3.8) is 0 Å². The molecule has 0 aromatic heterocycles. The Labute approximate surface area is 95.0 Å². The highest BCUT2D eigenvalue weighted by Gasteiger charge is 2.18. The highest BCUT2D eigenvalue weighted by atomic mass is 16.3. The van der Waals surface area contributed by atoms with Crippen LogP contribution in [-0.4, -0.2) is 12.5 Å². The number of nitrogens with one attached hydrogen (secondary N) is 1. The molecule has 0 atom stereocenters. The predicted octanol–water partition coefficient (Wildman–Crippen LogP) is 2.69. The molecule has 0 spiro atoms. The average molecular weight is 220 g/mol. The van der Waals surface area contributed by atoms with Gasteiger partial charge < -0.3 is 5.32 Å². The van der Waals surface area contributed by atoms with Crippen LogP contribution in [0.1, 0.15) is 26.3 Å². The molecular formula is C12H16N2O2. The van der Waals surface area contributed by atoms with E-state index < -0.39 is 0 Å². The number of hydrogen-bond acceptors (Lipinski definition) is 3. The quantitative estimate of drug-likeness (QED) is 0.796. The fourth-order valence-electron chi connectivity index (χ4n) is 1.49. The first-order valence-electron chi connectivity index (χ1n) is 5.13. The molecule has 0 aliphatic carbocycles. The van der Waals surface area contributed by atoms with E-state index in [1.54, 1.807) is 0 Å². The normalized spacial score (nSPS) is 10.9. The topological polar surface area (TPSA) is 58.5 Å². The summed E-state index contributed by atoms with van der Waals surface area (Å²) in [5.41, 5.74) is 1.72. The van der Waals surface area contributed by atoms with Gasteiger partial charge in [-0.1, -0.05) is 44.1 Å². The Kier molecular flexibility index (Phi) is 3.77. The summed E-state index contributed by atoms with van der Waals surface area (Å²) >= 11 is 0. The van der Waals surface area contributed by atoms with Crippen molar-refractivity contribution in [3.8, 4) is 0 Å². The molecular weight excluding hydrogens is 204 g/mol. The fourth-order valence-corrected chi connectivity index (χ4v) is 1.49. The summed E-state index contributed by atoms with van der Waals surface area (Å²) in [6.07, 6.45) is 0. The summed E-state index contributed by atoms with van der Waals surface area (Å²) in [5.74, 6) is -0.383. The van der Waals surface area contributed by atoms with Gasteiger partial charge in [0.25, 0.3) is 0 Å². The number of benzene rings is 1. The van der Waals surface area contributed by atoms with Crippen LogP contribution in [0.25, 0.3) is 0 Å². The van der Waals surface area contributed by atoms with E-state index in [1.807, 2.05) is 24.3 Å². The van der Waals surface area contributed by atoms with Crippen LogP contribution in [0.2, 0.25) is 0 Å². The summed E-state index contributed by atoms with van der Waals surface area (Å²) in [6, 6.07) is 7.56. The Hall–Kier alpha value is -1.71. The minimum absolute atomic E-state index is 0.0571. The molecule has 0 aliphatic heterocycles. The van der Waals surface area contributed by atoms with Crippen molar-refractivity contribution < 1.29 is 4.79 Å². The minimum Gasteiger partial charge on any atom is -0.324 e. The second-order valence-electron chi connectivity index (χ2n) is 4.63. The van der Waals surface area contributed by atoms with Gasteiger partial charge in [0.1, 0.15) is 0 Å². The number of rotatable bonds is 3. The van der Waals surface area contributed by atoms with E-state index in [-0.39, 0.29) is 17.9 Å². The standard InChI is InChI=1S/C12H16N2O2/c1-12(2,3)9-6-4-5-7-10(9)14-11(15)8-13-16/h4-7H,8H2,1-3H3,(H,14,15). The summed E-state index contributed by atoms with van der Waals surface area (Å²) in [7, 11) is 0. The minimum atomic E-state index is -0.383. The first kappa shape index (κ1) is 12.4. The van der Waals surface area contributed by atoms with Crippen molar-refractivity contribution in [1.82, 2.24) is 0 Å².